The molecule has 1 aliphatic heterocycles. The summed E-state index contributed by atoms with van der Waals surface area (Å²) in [4.78, 5) is 5.33. The quantitative estimate of drug-likeness (QED) is 0.803. The van der Waals surface area contributed by atoms with Crippen molar-refractivity contribution < 1.29 is 0 Å². The Morgan fingerprint density at radius 3 is 2.59 bits per heavy atom. The maximum absolute atomic E-state index is 3.28. The van der Waals surface area contributed by atoms with Gasteiger partial charge < -0.3 is 10.2 Å². The summed E-state index contributed by atoms with van der Waals surface area (Å²) in [5, 5.41) is 3.28. The van der Waals surface area contributed by atoms with Gasteiger partial charge in [-0.15, -0.1) is 0 Å². The van der Waals surface area contributed by atoms with Crippen molar-refractivity contribution in [3.63, 3.8) is 0 Å². The van der Waals surface area contributed by atoms with Crippen LogP contribution in [0.15, 0.2) is 0 Å². The number of rotatable bonds is 4. The highest BCUT2D eigenvalue weighted by molar-refractivity contribution is 4.85. The monoisotopic (exact) mass is 239 g/mol. The molecule has 1 saturated carbocycles. The summed E-state index contributed by atoms with van der Waals surface area (Å²) in [5.74, 6) is 0. The Morgan fingerprint density at radius 1 is 1.12 bits per heavy atom. The summed E-state index contributed by atoms with van der Waals surface area (Å²) in [6.45, 7) is 4.98. The summed E-state index contributed by atoms with van der Waals surface area (Å²) in [5.41, 5.74) is 0. The standard InChI is InChI=1S/C14H29N3/c1-15-9-8-14-12-17(11-10-16(14)2)13-6-4-3-5-7-13/h13-15H,3-12H2,1-2H3. The smallest absolute Gasteiger partial charge is 0.0232 e. The van der Waals surface area contributed by atoms with Crippen molar-refractivity contribution >= 4 is 0 Å². The normalized spacial score (nSPS) is 29.6. The number of nitrogens with one attached hydrogen (secondary N) is 1. The first-order chi connectivity index (χ1) is 8.31. The van der Waals surface area contributed by atoms with Gasteiger partial charge in [-0.2, -0.15) is 0 Å². The van der Waals surface area contributed by atoms with Crippen LogP contribution in [0.3, 0.4) is 0 Å². The van der Waals surface area contributed by atoms with Crippen LogP contribution in [0.25, 0.3) is 0 Å². The zero-order valence-corrected chi connectivity index (χ0v) is 11.6. The number of piperazine rings is 1. The Bertz CT molecular complexity index is 214. The van der Waals surface area contributed by atoms with Crippen LogP contribution in [0.4, 0.5) is 0 Å². The van der Waals surface area contributed by atoms with E-state index < -0.39 is 0 Å². The van der Waals surface area contributed by atoms with Gasteiger partial charge in [-0.1, -0.05) is 19.3 Å². The van der Waals surface area contributed by atoms with E-state index >= 15 is 0 Å². The van der Waals surface area contributed by atoms with Gasteiger partial charge in [0.1, 0.15) is 0 Å². The lowest BCUT2D eigenvalue weighted by atomic mass is 9.93. The van der Waals surface area contributed by atoms with Gasteiger partial charge in [0.05, 0.1) is 0 Å². The molecule has 0 spiro atoms. The first-order valence-corrected chi connectivity index (χ1v) is 7.40. The summed E-state index contributed by atoms with van der Waals surface area (Å²) in [6, 6.07) is 1.66. The molecule has 1 saturated heterocycles. The summed E-state index contributed by atoms with van der Waals surface area (Å²) < 4.78 is 0. The predicted octanol–water partition coefficient (Wildman–Crippen LogP) is 1.54. The van der Waals surface area contributed by atoms with Gasteiger partial charge in [-0.25, -0.2) is 0 Å². The summed E-state index contributed by atoms with van der Waals surface area (Å²) in [7, 11) is 4.35. The van der Waals surface area contributed by atoms with Crippen LogP contribution in [0.1, 0.15) is 38.5 Å². The molecular formula is C14H29N3. The third-order valence-electron chi connectivity index (χ3n) is 4.63. The molecule has 0 aromatic heterocycles. The lowest BCUT2D eigenvalue weighted by Gasteiger charge is -2.44. The molecule has 3 heteroatoms. The van der Waals surface area contributed by atoms with Crippen LogP contribution in [-0.4, -0.2) is 62.2 Å². The molecule has 1 aliphatic carbocycles. The first-order valence-electron chi connectivity index (χ1n) is 7.40. The van der Waals surface area contributed by atoms with E-state index in [9.17, 15) is 0 Å². The summed E-state index contributed by atoms with van der Waals surface area (Å²) >= 11 is 0. The Morgan fingerprint density at radius 2 is 1.88 bits per heavy atom. The molecule has 0 amide bonds. The Hall–Kier alpha value is -0.120. The van der Waals surface area contributed by atoms with Crippen LogP contribution in [0.2, 0.25) is 0 Å². The average Bonchev–Trinajstić information content (AvgIpc) is 2.39. The van der Waals surface area contributed by atoms with E-state index in [1.807, 2.05) is 0 Å². The molecule has 1 N–H and O–H groups in total. The minimum Gasteiger partial charge on any atom is -0.320 e. The number of nitrogens with zero attached hydrogens (tertiary/aromatic N) is 2. The largest absolute Gasteiger partial charge is 0.320 e. The number of hydrogen-bond acceptors (Lipinski definition) is 3. The molecule has 0 radical (unpaired) electrons. The highest BCUT2D eigenvalue weighted by Crippen LogP contribution is 2.24. The van der Waals surface area contributed by atoms with Crippen LogP contribution in [0.5, 0.6) is 0 Å². The highest BCUT2D eigenvalue weighted by atomic mass is 15.3. The molecule has 0 bridgehead atoms. The van der Waals surface area contributed by atoms with Gasteiger partial charge in [0.25, 0.3) is 0 Å². The van der Waals surface area contributed by atoms with Gasteiger partial charge in [0.2, 0.25) is 0 Å². The maximum atomic E-state index is 3.28. The van der Waals surface area contributed by atoms with Crippen molar-refractivity contribution in [1.29, 1.82) is 0 Å². The predicted molar refractivity (Wildman–Crippen MR) is 73.4 cm³/mol. The molecular weight excluding hydrogens is 210 g/mol. The molecule has 17 heavy (non-hydrogen) atoms. The highest BCUT2D eigenvalue weighted by Gasteiger charge is 2.29. The van der Waals surface area contributed by atoms with E-state index in [0.29, 0.717) is 0 Å². The maximum Gasteiger partial charge on any atom is 0.0232 e. The van der Waals surface area contributed by atoms with Crippen molar-refractivity contribution in [3.05, 3.63) is 0 Å². The third-order valence-corrected chi connectivity index (χ3v) is 4.63. The zero-order chi connectivity index (χ0) is 12.1. The van der Waals surface area contributed by atoms with E-state index in [1.54, 1.807) is 0 Å². The molecule has 1 heterocycles. The Kier molecular flexibility index (Phi) is 5.26. The van der Waals surface area contributed by atoms with Crippen LogP contribution in [0, 0.1) is 0 Å². The van der Waals surface area contributed by atoms with Crippen LogP contribution >= 0.6 is 0 Å². The molecule has 2 aliphatic rings. The second-order valence-electron chi connectivity index (χ2n) is 5.81. The van der Waals surface area contributed by atoms with Gasteiger partial charge in [-0.05, 0) is 39.9 Å². The Balaban J connectivity index is 1.83. The average molecular weight is 239 g/mol. The second-order valence-corrected chi connectivity index (χ2v) is 5.81. The third kappa shape index (κ3) is 3.67. The zero-order valence-electron chi connectivity index (χ0n) is 11.6. The van der Waals surface area contributed by atoms with E-state index in [1.165, 1.54) is 58.2 Å². The molecule has 3 nitrogen and oxygen atoms in total. The molecule has 100 valence electrons. The van der Waals surface area contributed by atoms with Crippen molar-refractivity contribution in [2.45, 2.75) is 50.6 Å². The van der Waals surface area contributed by atoms with Crippen molar-refractivity contribution in [2.24, 2.45) is 0 Å². The van der Waals surface area contributed by atoms with Crippen molar-refractivity contribution in [1.82, 2.24) is 15.1 Å². The van der Waals surface area contributed by atoms with Crippen LogP contribution in [-0.2, 0) is 0 Å². The van der Waals surface area contributed by atoms with E-state index in [4.69, 9.17) is 0 Å². The molecule has 0 aromatic rings. The van der Waals surface area contributed by atoms with Gasteiger partial charge in [-0.3, -0.25) is 4.90 Å². The van der Waals surface area contributed by atoms with Gasteiger partial charge in [0.15, 0.2) is 0 Å². The lowest BCUT2D eigenvalue weighted by molar-refractivity contribution is 0.0478. The molecule has 0 aromatic carbocycles. The fourth-order valence-corrected chi connectivity index (χ4v) is 3.37. The topological polar surface area (TPSA) is 18.5 Å². The first kappa shape index (κ1) is 13.3. The fourth-order valence-electron chi connectivity index (χ4n) is 3.37. The lowest BCUT2D eigenvalue weighted by Crippen LogP contribution is -2.55. The molecule has 1 atom stereocenters. The summed E-state index contributed by atoms with van der Waals surface area (Å²) in [6.07, 6.45) is 8.56. The van der Waals surface area contributed by atoms with Crippen molar-refractivity contribution in [3.8, 4) is 0 Å². The number of hydrogen-bond donors (Lipinski definition) is 1. The van der Waals surface area contributed by atoms with E-state index in [-0.39, 0.29) is 0 Å². The molecule has 1 unspecified atom stereocenters. The van der Waals surface area contributed by atoms with Gasteiger partial charge >= 0.3 is 0 Å². The van der Waals surface area contributed by atoms with Gasteiger partial charge in [0, 0.05) is 31.7 Å². The van der Waals surface area contributed by atoms with E-state index in [2.05, 4.69) is 29.2 Å². The number of likely N-dealkylation sites (N-methyl/N-ethyl adjacent to an activating group) is 1. The minimum atomic E-state index is 0.762. The van der Waals surface area contributed by atoms with Crippen LogP contribution < -0.4 is 5.32 Å². The SMILES string of the molecule is CNCCC1CN(C2CCCCC2)CCN1C. The van der Waals surface area contributed by atoms with Crippen molar-refractivity contribution in [2.75, 3.05) is 40.3 Å². The Labute approximate surface area is 107 Å². The second kappa shape index (κ2) is 6.72. The molecule has 2 rings (SSSR count). The fraction of sp³-hybridized carbons (Fsp3) is 1.00. The molecule has 2 fully saturated rings. The minimum absolute atomic E-state index is 0.762. The van der Waals surface area contributed by atoms with E-state index in [0.717, 1.165) is 18.6 Å².